The molecule has 1 heterocycles. The van der Waals surface area contributed by atoms with Crippen LogP contribution in [0, 0.1) is 0 Å². The van der Waals surface area contributed by atoms with Gasteiger partial charge in [-0.1, -0.05) is 6.92 Å². The molecule has 0 aromatic heterocycles. The van der Waals surface area contributed by atoms with Crippen LogP contribution in [0.5, 0.6) is 0 Å². The number of hydrogen-bond acceptors (Lipinski definition) is 3. The van der Waals surface area contributed by atoms with E-state index in [-0.39, 0.29) is 11.9 Å². The summed E-state index contributed by atoms with van der Waals surface area (Å²) in [7, 11) is 0. The number of nitrogens with zero attached hydrogens (tertiary/aromatic N) is 1. The molecule has 0 aliphatic carbocycles. The van der Waals surface area contributed by atoms with Crippen molar-refractivity contribution >= 4 is 11.9 Å². The lowest BCUT2D eigenvalue weighted by Gasteiger charge is -2.24. The maximum Gasteiger partial charge on any atom is 0.409 e. The number of ether oxygens (including phenoxy) is 1. The monoisotopic (exact) mass is 213 g/mol. The number of amides is 1. The van der Waals surface area contributed by atoms with Gasteiger partial charge in [0.05, 0.1) is 6.61 Å². The Morgan fingerprint density at radius 1 is 1.40 bits per heavy atom. The first-order chi connectivity index (χ1) is 7.24. The Kier molecular flexibility index (Phi) is 7.32. The predicted molar refractivity (Wildman–Crippen MR) is 58.7 cm³/mol. The van der Waals surface area contributed by atoms with Crippen LogP contribution in [0.3, 0.4) is 0 Å². The van der Waals surface area contributed by atoms with Gasteiger partial charge in [-0.3, -0.25) is 4.79 Å². The molecule has 0 saturated carbocycles. The van der Waals surface area contributed by atoms with Crippen LogP contribution in [0.1, 0.15) is 26.2 Å². The van der Waals surface area contributed by atoms with E-state index in [0.29, 0.717) is 32.5 Å². The van der Waals surface area contributed by atoms with Gasteiger partial charge in [-0.2, -0.15) is 0 Å². The number of ketones is 1. The highest BCUT2D eigenvalue weighted by atomic mass is 16.6. The summed E-state index contributed by atoms with van der Waals surface area (Å²) in [5, 5.41) is 0. The molecule has 1 amide bonds. The van der Waals surface area contributed by atoms with E-state index in [1.54, 1.807) is 4.90 Å². The second kappa shape index (κ2) is 8.03. The number of carbonyl (C=O) groups is 2. The summed E-state index contributed by atoms with van der Waals surface area (Å²) in [5.74, 6) is 0.236. The minimum atomic E-state index is -0.283. The van der Waals surface area contributed by atoms with Gasteiger partial charge in [0.25, 0.3) is 0 Å². The average Bonchev–Trinajstić information content (AvgIpc) is 2.29. The van der Waals surface area contributed by atoms with Gasteiger partial charge in [-0.25, -0.2) is 4.79 Å². The smallest absolute Gasteiger partial charge is 0.409 e. The molecule has 1 rings (SSSR count). The van der Waals surface area contributed by atoms with Crippen LogP contribution in [-0.2, 0) is 9.53 Å². The van der Waals surface area contributed by atoms with Crippen LogP contribution in [0.4, 0.5) is 4.79 Å². The van der Waals surface area contributed by atoms with Gasteiger partial charge in [0.2, 0.25) is 0 Å². The topological polar surface area (TPSA) is 46.6 Å². The fourth-order valence-electron chi connectivity index (χ4n) is 1.22. The van der Waals surface area contributed by atoms with Gasteiger partial charge in [-0.05, 0) is 6.42 Å². The van der Waals surface area contributed by atoms with Crippen molar-refractivity contribution in [2.24, 2.45) is 0 Å². The number of Topliss-reactive ketones (excluding diaryl/α,β-unsaturated/α-hetero) is 1. The van der Waals surface area contributed by atoms with Crippen molar-refractivity contribution in [1.82, 2.24) is 4.90 Å². The zero-order valence-corrected chi connectivity index (χ0v) is 9.33. The molecule has 0 bridgehead atoms. The lowest BCUT2D eigenvalue weighted by molar-refractivity contribution is -0.121. The summed E-state index contributed by atoms with van der Waals surface area (Å²) < 4.78 is 4.94. The average molecular weight is 213 g/mol. The molecule has 0 spiro atoms. The molecule has 1 fully saturated rings. The molecule has 1 saturated heterocycles. The molecular weight excluding hydrogens is 194 g/mol. The van der Waals surface area contributed by atoms with Crippen molar-refractivity contribution in [1.29, 1.82) is 0 Å². The molecule has 0 N–H and O–H groups in total. The first-order valence-corrected chi connectivity index (χ1v) is 5.17. The maximum atomic E-state index is 11.3. The molecular formula is C11H19NO3. The Hall–Kier alpha value is -1.32. The zero-order chi connectivity index (χ0) is 11.7. The number of hydrogen-bond donors (Lipinski definition) is 0. The standard InChI is InChI=1S/C9H15NO3.C2H4/c1-2-7-13-9(12)10-5-3-8(11)4-6-10;1-2/h2-7H2,1H3;1-2H2. The van der Waals surface area contributed by atoms with Crippen LogP contribution >= 0.6 is 0 Å². The van der Waals surface area contributed by atoms with E-state index in [1.807, 2.05) is 6.92 Å². The molecule has 1 aliphatic heterocycles. The lowest BCUT2D eigenvalue weighted by atomic mass is 10.1. The fraction of sp³-hybridized carbons (Fsp3) is 0.636. The van der Waals surface area contributed by atoms with Gasteiger partial charge >= 0.3 is 6.09 Å². The quantitative estimate of drug-likeness (QED) is 0.659. The van der Waals surface area contributed by atoms with E-state index in [9.17, 15) is 9.59 Å². The van der Waals surface area contributed by atoms with Gasteiger partial charge in [0.1, 0.15) is 5.78 Å². The third-order valence-electron chi connectivity index (χ3n) is 2.01. The zero-order valence-electron chi connectivity index (χ0n) is 9.33. The van der Waals surface area contributed by atoms with Crippen LogP contribution in [0.2, 0.25) is 0 Å². The van der Waals surface area contributed by atoms with E-state index in [4.69, 9.17) is 4.74 Å². The minimum Gasteiger partial charge on any atom is -0.449 e. The highest BCUT2D eigenvalue weighted by Crippen LogP contribution is 2.07. The second-order valence-corrected chi connectivity index (χ2v) is 3.14. The first kappa shape index (κ1) is 13.7. The van der Waals surface area contributed by atoms with Crippen LogP contribution in [0.25, 0.3) is 0 Å². The van der Waals surface area contributed by atoms with Crippen molar-refractivity contribution in [3.05, 3.63) is 13.2 Å². The molecule has 0 aromatic carbocycles. The Balaban J connectivity index is 0.000000921. The maximum absolute atomic E-state index is 11.3. The molecule has 0 unspecified atom stereocenters. The van der Waals surface area contributed by atoms with Crippen molar-refractivity contribution < 1.29 is 14.3 Å². The minimum absolute atomic E-state index is 0.236. The van der Waals surface area contributed by atoms with Crippen molar-refractivity contribution in [2.75, 3.05) is 19.7 Å². The summed E-state index contributed by atoms with van der Waals surface area (Å²) in [4.78, 5) is 23.7. The van der Waals surface area contributed by atoms with Gasteiger partial charge in [-0.15, -0.1) is 13.2 Å². The van der Waals surface area contributed by atoms with E-state index < -0.39 is 0 Å². The fourth-order valence-corrected chi connectivity index (χ4v) is 1.22. The highest BCUT2D eigenvalue weighted by Gasteiger charge is 2.21. The number of carbonyl (C=O) groups excluding carboxylic acids is 2. The van der Waals surface area contributed by atoms with E-state index in [0.717, 1.165) is 6.42 Å². The van der Waals surface area contributed by atoms with Crippen molar-refractivity contribution in [3.8, 4) is 0 Å². The highest BCUT2D eigenvalue weighted by molar-refractivity contribution is 5.81. The lowest BCUT2D eigenvalue weighted by Crippen LogP contribution is -2.39. The summed E-state index contributed by atoms with van der Waals surface area (Å²) in [5.41, 5.74) is 0. The summed E-state index contributed by atoms with van der Waals surface area (Å²) in [6.45, 7) is 9.44. The molecule has 4 heteroatoms. The molecule has 0 aromatic rings. The second-order valence-electron chi connectivity index (χ2n) is 3.14. The molecule has 0 atom stereocenters. The predicted octanol–water partition coefficient (Wildman–Crippen LogP) is 2.00. The first-order valence-electron chi connectivity index (χ1n) is 5.17. The van der Waals surface area contributed by atoms with Crippen molar-refractivity contribution in [3.63, 3.8) is 0 Å². The molecule has 0 radical (unpaired) electrons. The SMILES string of the molecule is C=C.CCCOC(=O)N1CCC(=O)CC1. The van der Waals surface area contributed by atoms with Crippen molar-refractivity contribution in [2.45, 2.75) is 26.2 Å². The van der Waals surface area contributed by atoms with E-state index in [1.165, 1.54) is 0 Å². The Bertz CT molecular complexity index is 206. The van der Waals surface area contributed by atoms with Crippen LogP contribution in [-0.4, -0.2) is 36.5 Å². The molecule has 15 heavy (non-hydrogen) atoms. The third-order valence-corrected chi connectivity index (χ3v) is 2.01. The third kappa shape index (κ3) is 5.20. The molecule has 86 valence electrons. The Morgan fingerprint density at radius 2 is 1.93 bits per heavy atom. The van der Waals surface area contributed by atoms with E-state index >= 15 is 0 Å². The summed E-state index contributed by atoms with van der Waals surface area (Å²) >= 11 is 0. The number of piperidine rings is 1. The summed E-state index contributed by atoms with van der Waals surface area (Å²) in [6.07, 6.45) is 1.50. The largest absolute Gasteiger partial charge is 0.449 e. The molecule has 1 aliphatic rings. The summed E-state index contributed by atoms with van der Waals surface area (Å²) in [6, 6.07) is 0. The number of rotatable bonds is 2. The number of likely N-dealkylation sites (tertiary alicyclic amines) is 1. The van der Waals surface area contributed by atoms with Gasteiger partial charge in [0, 0.05) is 25.9 Å². The van der Waals surface area contributed by atoms with Gasteiger partial charge < -0.3 is 9.64 Å². The van der Waals surface area contributed by atoms with E-state index in [2.05, 4.69) is 13.2 Å². The molecule has 4 nitrogen and oxygen atoms in total. The normalized spacial score (nSPS) is 15.3. The van der Waals surface area contributed by atoms with Gasteiger partial charge in [0.15, 0.2) is 0 Å². The van der Waals surface area contributed by atoms with Crippen LogP contribution < -0.4 is 0 Å². The van der Waals surface area contributed by atoms with Crippen LogP contribution in [0.15, 0.2) is 13.2 Å². The Morgan fingerprint density at radius 3 is 2.40 bits per heavy atom. The Labute approximate surface area is 90.9 Å².